The zero-order valence-corrected chi connectivity index (χ0v) is 21.2. The number of rotatable bonds is 4. The number of hydrogen-bond acceptors (Lipinski definition) is 9. The summed E-state index contributed by atoms with van der Waals surface area (Å²) in [5, 5.41) is 17.1. The summed E-state index contributed by atoms with van der Waals surface area (Å²) in [6.07, 6.45) is 4.84. The molecule has 2 bridgehead atoms. The average molecular weight is 524 g/mol. The fraction of sp³-hybridized carbons (Fsp3) is 0.259. The first kappa shape index (κ1) is 23.1. The number of hydrogen-bond donors (Lipinski definition) is 2. The number of nitrogens with zero attached hydrogens (tertiary/aromatic N) is 8. The highest BCUT2D eigenvalue weighted by Gasteiger charge is 2.35. The standard InChI is InChI=1S/C27H25N9O3/c1-16-8-19(3-2-18(16)9-17-4-5-36-23(10-17)29-15-31-36)32-25-24-21(28-14-30-25)11-22-26(33-24)34-6-7-35(27(37)38)20(12-34)13-39-22/h2-5,8,10-11,14-15,20H,6-7,9,12-13H2,1H3,(H,37,38)(H,28,30,32)/t20-/m1/s1. The van der Waals surface area contributed by atoms with Crippen LogP contribution in [0.3, 0.4) is 0 Å². The maximum Gasteiger partial charge on any atom is 0.407 e. The molecule has 2 N–H and O–H groups in total. The molecule has 1 atom stereocenters. The molecule has 7 rings (SSSR count). The van der Waals surface area contributed by atoms with Gasteiger partial charge in [-0.3, -0.25) is 4.90 Å². The van der Waals surface area contributed by atoms with E-state index in [9.17, 15) is 9.90 Å². The molecule has 39 heavy (non-hydrogen) atoms. The van der Waals surface area contributed by atoms with E-state index >= 15 is 0 Å². The second kappa shape index (κ2) is 9.08. The van der Waals surface area contributed by atoms with E-state index in [1.54, 1.807) is 10.8 Å². The highest BCUT2D eigenvalue weighted by molar-refractivity contribution is 5.90. The van der Waals surface area contributed by atoms with Gasteiger partial charge in [-0.1, -0.05) is 6.07 Å². The summed E-state index contributed by atoms with van der Waals surface area (Å²) < 4.78 is 7.76. The Morgan fingerprint density at radius 1 is 1.13 bits per heavy atom. The van der Waals surface area contributed by atoms with Gasteiger partial charge in [0.05, 0.1) is 11.6 Å². The first-order valence-electron chi connectivity index (χ1n) is 12.7. The van der Waals surface area contributed by atoms with Crippen molar-refractivity contribution in [1.29, 1.82) is 0 Å². The lowest BCUT2D eigenvalue weighted by Crippen LogP contribution is -2.56. The molecule has 12 nitrogen and oxygen atoms in total. The van der Waals surface area contributed by atoms with Gasteiger partial charge in [0.1, 0.15) is 24.8 Å². The van der Waals surface area contributed by atoms with Crippen LogP contribution in [-0.4, -0.2) is 77.9 Å². The van der Waals surface area contributed by atoms with E-state index in [2.05, 4.69) is 55.4 Å². The van der Waals surface area contributed by atoms with E-state index in [0.717, 1.165) is 23.3 Å². The Kier molecular flexibility index (Phi) is 5.39. The van der Waals surface area contributed by atoms with Crippen LogP contribution in [0.2, 0.25) is 0 Å². The van der Waals surface area contributed by atoms with Gasteiger partial charge in [-0.2, -0.15) is 5.10 Å². The molecule has 1 saturated heterocycles. The number of fused-ring (bicyclic) bond motifs is 6. The van der Waals surface area contributed by atoms with Gasteiger partial charge in [-0.25, -0.2) is 29.2 Å². The van der Waals surface area contributed by atoms with Crippen LogP contribution in [0.1, 0.15) is 16.7 Å². The van der Waals surface area contributed by atoms with Crippen molar-refractivity contribution in [2.45, 2.75) is 19.4 Å². The van der Waals surface area contributed by atoms with Gasteiger partial charge < -0.3 is 20.1 Å². The summed E-state index contributed by atoms with van der Waals surface area (Å²) in [6, 6.07) is 12.0. The molecule has 0 aliphatic carbocycles. The van der Waals surface area contributed by atoms with Gasteiger partial charge in [0.2, 0.25) is 0 Å². The van der Waals surface area contributed by atoms with E-state index in [1.165, 1.54) is 22.4 Å². The average Bonchev–Trinajstić information content (AvgIpc) is 3.36. The highest BCUT2D eigenvalue weighted by atomic mass is 16.5. The summed E-state index contributed by atoms with van der Waals surface area (Å²) in [4.78, 5) is 33.2. The first-order chi connectivity index (χ1) is 19.0. The Bertz CT molecular complexity index is 1740. The Hall–Kier alpha value is -5.00. The van der Waals surface area contributed by atoms with Crippen LogP contribution in [0.25, 0.3) is 16.7 Å². The third-order valence-electron chi connectivity index (χ3n) is 7.36. The number of ether oxygens (including phenoxy) is 1. The van der Waals surface area contributed by atoms with Crippen molar-refractivity contribution in [3.8, 4) is 5.75 Å². The smallest absolute Gasteiger partial charge is 0.407 e. The molecule has 0 radical (unpaired) electrons. The lowest BCUT2D eigenvalue weighted by Gasteiger charge is -2.37. The van der Waals surface area contributed by atoms with Crippen LogP contribution in [0.4, 0.5) is 22.1 Å². The third kappa shape index (κ3) is 4.19. The molecule has 1 fully saturated rings. The number of benzene rings is 1. The number of carbonyl (C=O) groups is 1. The summed E-state index contributed by atoms with van der Waals surface area (Å²) >= 11 is 0. The fourth-order valence-electron chi connectivity index (χ4n) is 5.31. The predicted octanol–water partition coefficient (Wildman–Crippen LogP) is 3.27. The van der Waals surface area contributed by atoms with Crippen molar-refractivity contribution < 1.29 is 14.6 Å². The zero-order chi connectivity index (χ0) is 26.5. The molecule has 0 saturated carbocycles. The third-order valence-corrected chi connectivity index (χ3v) is 7.36. The normalized spacial score (nSPS) is 16.6. The molecule has 2 aliphatic rings. The van der Waals surface area contributed by atoms with E-state index < -0.39 is 6.09 Å². The maximum atomic E-state index is 11.6. The molecule has 0 unspecified atom stereocenters. The molecule has 1 aromatic carbocycles. The second-order valence-corrected chi connectivity index (χ2v) is 9.83. The van der Waals surface area contributed by atoms with Crippen LogP contribution < -0.4 is 15.0 Å². The Labute approximate surface area is 222 Å². The largest absolute Gasteiger partial charge is 0.487 e. The summed E-state index contributed by atoms with van der Waals surface area (Å²) in [5.74, 6) is 1.88. The predicted molar refractivity (Wildman–Crippen MR) is 144 cm³/mol. The molecule has 6 heterocycles. The van der Waals surface area contributed by atoms with Crippen LogP contribution in [0.15, 0.2) is 55.2 Å². The number of anilines is 3. The van der Waals surface area contributed by atoms with Crippen molar-refractivity contribution in [1.82, 2.24) is 34.4 Å². The summed E-state index contributed by atoms with van der Waals surface area (Å²) in [7, 11) is 0. The van der Waals surface area contributed by atoms with Gasteiger partial charge in [-0.05, 0) is 54.3 Å². The molecule has 196 valence electrons. The van der Waals surface area contributed by atoms with Gasteiger partial charge in [-0.15, -0.1) is 0 Å². The number of amides is 1. The van der Waals surface area contributed by atoms with Crippen LogP contribution in [0.5, 0.6) is 5.75 Å². The Balaban J connectivity index is 1.16. The fourth-order valence-corrected chi connectivity index (χ4v) is 5.31. The number of aromatic nitrogens is 6. The van der Waals surface area contributed by atoms with Gasteiger partial charge in [0.25, 0.3) is 0 Å². The zero-order valence-electron chi connectivity index (χ0n) is 21.2. The number of carboxylic acid groups (broad SMARTS) is 1. The molecule has 0 spiro atoms. The van der Waals surface area contributed by atoms with Crippen molar-refractivity contribution in [2.24, 2.45) is 0 Å². The van der Waals surface area contributed by atoms with Crippen LogP contribution in [0, 0.1) is 6.92 Å². The van der Waals surface area contributed by atoms with Crippen LogP contribution in [-0.2, 0) is 6.42 Å². The van der Waals surface area contributed by atoms with Gasteiger partial charge >= 0.3 is 6.09 Å². The molecule has 5 aromatic rings. The number of pyridine rings is 2. The van der Waals surface area contributed by atoms with Crippen LogP contribution >= 0.6 is 0 Å². The quantitative estimate of drug-likeness (QED) is 0.361. The Morgan fingerprint density at radius 3 is 2.92 bits per heavy atom. The molecule has 12 heteroatoms. The summed E-state index contributed by atoms with van der Waals surface area (Å²) in [6.45, 7) is 3.84. The molecule has 2 aliphatic heterocycles. The van der Waals surface area contributed by atoms with E-state index in [0.29, 0.717) is 48.1 Å². The minimum atomic E-state index is -0.928. The number of aryl methyl sites for hydroxylation is 1. The SMILES string of the molecule is Cc1cc(Nc2ncnc3cc4c(nc23)N2CCN(C(=O)O)[C@@H](CO4)C2)ccc1Cc1ccn2ncnc2c1. The maximum absolute atomic E-state index is 11.6. The highest BCUT2D eigenvalue weighted by Crippen LogP contribution is 2.36. The molecule has 4 aromatic heterocycles. The monoisotopic (exact) mass is 523 g/mol. The first-order valence-corrected chi connectivity index (χ1v) is 12.7. The lowest BCUT2D eigenvalue weighted by molar-refractivity contribution is 0.101. The van der Waals surface area contributed by atoms with Gasteiger partial charge in [0.15, 0.2) is 23.0 Å². The van der Waals surface area contributed by atoms with Crippen molar-refractivity contribution in [2.75, 3.05) is 36.5 Å². The van der Waals surface area contributed by atoms with E-state index in [-0.39, 0.29) is 12.6 Å². The number of nitrogens with one attached hydrogen (secondary N) is 1. The molecule has 1 amide bonds. The van der Waals surface area contributed by atoms with Crippen molar-refractivity contribution in [3.05, 3.63) is 71.9 Å². The van der Waals surface area contributed by atoms with E-state index in [1.807, 2.05) is 24.4 Å². The number of piperazine rings is 1. The van der Waals surface area contributed by atoms with Crippen molar-refractivity contribution in [3.63, 3.8) is 0 Å². The summed E-state index contributed by atoms with van der Waals surface area (Å²) in [5.41, 5.74) is 6.53. The van der Waals surface area contributed by atoms with Crippen molar-refractivity contribution >= 4 is 40.1 Å². The lowest BCUT2D eigenvalue weighted by atomic mass is 10.0. The molecular weight excluding hydrogens is 498 g/mol. The minimum absolute atomic E-state index is 0.253. The van der Waals surface area contributed by atoms with Gasteiger partial charge in [0, 0.05) is 37.6 Å². The Morgan fingerprint density at radius 2 is 2.05 bits per heavy atom. The van der Waals surface area contributed by atoms with E-state index in [4.69, 9.17) is 9.72 Å². The second-order valence-electron chi connectivity index (χ2n) is 9.83. The topological polar surface area (TPSA) is 134 Å². The molecular formula is C27H25N9O3. The minimum Gasteiger partial charge on any atom is -0.487 e.